The Labute approximate surface area is 146 Å². The summed E-state index contributed by atoms with van der Waals surface area (Å²) in [5, 5.41) is 5.00. The molecule has 0 aliphatic heterocycles. The molecular weight excluding hydrogens is 330 g/mol. The summed E-state index contributed by atoms with van der Waals surface area (Å²) in [4.78, 5) is 16.2. The molecule has 0 saturated heterocycles. The van der Waals surface area contributed by atoms with Crippen molar-refractivity contribution in [2.24, 2.45) is 0 Å². The number of esters is 1. The van der Waals surface area contributed by atoms with Gasteiger partial charge in [-0.2, -0.15) is 5.10 Å². The minimum atomic E-state index is -0.314. The van der Waals surface area contributed by atoms with Crippen LogP contribution in [0, 0.1) is 0 Å². The molecule has 130 valence electrons. The molecule has 1 aromatic carbocycles. The van der Waals surface area contributed by atoms with E-state index in [1.54, 1.807) is 17.7 Å². The summed E-state index contributed by atoms with van der Waals surface area (Å²) in [5.41, 5.74) is 0.785. The SMILES string of the molecule is CCOC(=O)Cc1nc(-c2ccc(Cl)c(OC(C)C)c2)nn1CC. The molecule has 1 aromatic heterocycles. The molecule has 0 fully saturated rings. The lowest BCUT2D eigenvalue weighted by atomic mass is 10.2. The Morgan fingerprint density at radius 2 is 2.08 bits per heavy atom. The molecule has 2 aromatic rings. The van der Waals surface area contributed by atoms with E-state index < -0.39 is 0 Å². The molecule has 0 radical (unpaired) electrons. The summed E-state index contributed by atoms with van der Waals surface area (Å²) in [5.74, 6) is 1.38. The average molecular weight is 352 g/mol. The summed E-state index contributed by atoms with van der Waals surface area (Å²) < 4.78 is 12.4. The molecule has 0 spiro atoms. The van der Waals surface area contributed by atoms with Crippen molar-refractivity contribution >= 4 is 17.6 Å². The Kier molecular flexibility index (Phi) is 6.20. The Hall–Kier alpha value is -2.08. The predicted molar refractivity (Wildman–Crippen MR) is 92.2 cm³/mol. The molecule has 0 aliphatic carbocycles. The molecule has 0 bridgehead atoms. The smallest absolute Gasteiger partial charge is 0.313 e. The monoisotopic (exact) mass is 351 g/mol. The number of rotatable bonds is 7. The van der Waals surface area contributed by atoms with Crippen molar-refractivity contribution < 1.29 is 14.3 Å². The Balaban J connectivity index is 2.32. The molecule has 0 atom stereocenters. The molecular formula is C17H22ClN3O3. The third-order valence-electron chi connectivity index (χ3n) is 3.21. The van der Waals surface area contributed by atoms with Crippen LogP contribution >= 0.6 is 11.6 Å². The van der Waals surface area contributed by atoms with E-state index in [1.165, 1.54) is 0 Å². The fraction of sp³-hybridized carbons (Fsp3) is 0.471. The zero-order valence-electron chi connectivity index (χ0n) is 14.4. The Morgan fingerprint density at radius 3 is 2.71 bits per heavy atom. The van der Waals surface area contributed by atoms with E-state index >= 15 is 0 Å². The van der Waals surface area contributed by atoms with Gasteiger partial charge in [0.2, 0.25) is 0 Å². The van der Waals surface area contributed by atoms with Crippen molar-refractivity contribution in [3.63, 3.8) is 0 Å². The number of nitrogens with zero attached hydrogens (tertiary/aromatic N) is 3. The van der Waals surface area contributed by atoms with Crippen LogP contribution in [0.3, 0.4) is 0 Å². The van der Waals surface area contributed by atoms with Crippen LogP contribution < -0.4 is 4.74 Å². The highest BCUT2D eigenvalue weighted by Crippen LogP contribution is 2.30. The fourth-order valence-corrected chi connectivity index (χ4v) is 2.37. The van der Waals surface area contributed by atoms with Gasteiger partial charge < -0.3 is 9.47 Å². The van der Waals surface area contributed by atoms with Crippen LogP contribution in [-0.4, -0.2) is 33.4 Å². The predicted octanol–water partition coefficient (Wildman–Crippen LogP) is 3.51. The zero-order chi connectivity index (χ0) is 17.7. The van der Waals surface area contributed by atoms with Crippen LogP contribution in [0.15, 0.2) is 18.2 Å². The van der Waals surface area contributed by atoms with Gasteiger partial charge in [-0.05, 0) is 45.9 Å². The van der Waals surface area contributed by atoms with Crippen LogP contribution in [0.2, 0.25) is 5.02 Å². The number of aryl methyl sites for hydroxylation is 1. The Morgan fingerprint density at radius 1 is 1.33 bits per heavy atom. The largest absolute Gasteiger partial charge is 0.489 e. The maximum absolute atomic E-state index is 11.7. The molecule has 7 heteroatoms. The van der Waals surface area contributed by atoms with Gasteiger partial charge >= 0.3 is 5.97 Å². The molecule has 0 unspecified atom stereocenters. The molecule has 1 heterocycles. The van der Waals surface area contributed by atoms with Crippen LogP contribution in [0.1, 0.15) is 33.5 Å². The number of ether oxygens (including phenoxy) is 2. The van der Waals surface area contributed by atoms with Crippen LogP contribution in [0.25, 0.3) is 11.4 Å². The van der Waals surface area contributed by atoms with Gasteiger partial charge in [-0.25, -0.2) is 9.67 Å². The van der Waals surface area contributed by atoms with Gasteiger partial charge in [0.1, 0.15) is 18.0 Å². The maximum Gasteiger partial charge on any atom is 0.313 e. The number of carbonyl (C=O) groups excluding carboxylic acids is 1. The minimum absolute atomic E-state index is 0.0123. The highest BCUT2D eigenvalue weighted by atomic mass is 35.5. The number of carbonyl (C=O) groups is 1. The van der Waals surface area contributed by atoms with Gasteiger partial charge in [-0.15, -0.1) is 0 Å². The fourth-order valence-electron chi connectivity index (χ4n) is 2.21. The quantitative estimate of drug-likeness (QED) is 0.714. The van der Waals surface area contributed by atoms with Gasteiger partial charge in [0.25, 0.3) is 0 Å². The summed E-state index contributed by atoms with van der Waals surface area (Å²) in [6, 6.07) is 5.40. The molecule has 2 rings (SSSR count). The van der Waals surface area contributed by atoms with E-state index in [4.69, 9.17) is 21.1 Å². The average Bonchev–Trinajstić information content (AvgIpc) is 2.92. The number of hydrogen-bond acceptors (Lipinski definition) is 5. The second-order valence-electron chi connectivity index (χ2n) is 5.46. The molecule has 24 heavy (non-hydrogen) atoms. The van der Waals surface area contributed by atoms with E-state index in [9.17, 15) is 4.79 Å². The molecule has 6 nitrogen and oxygen atoms in total. The van der Waals surface area contributed by atoms with Crippen LogP contribution in [0.5, 0.6) is 5.75 Å². The topological polar surface area (TPSA) is 66.2 Å². The van der Waals surface area contributed by atoms with Crippen molar-refractivity contribution in [2.75, 3.05) is 6.61 Å². The third-order valence-corrected chi connectivity index (χ3v) is 3.52. The summed E-state index contributed by atoms with van der Waals surface area (Å²) in [7, 11) is 0. The third kappa shape index (κ3) is 4.47. The Bertz CT molecular complexity index is 713. The number of halogens is 1. The molecule has 0 aliphatic rings. The van der Waals surface area contributed by atoms with Crippen LogP contribution in [-0.2, 0) is 22.5 Å². The van der Waals surface area contributed by atoms with Gasteiger partial charge in [-0.3, -0.25) is 4.79 Å². The lowest BCUT2D eigenvalue weighted by Gasteiger charge is -2.11. The lowest BCUT2D eigenvalue weighted by Crippen LogP contribution is -2.12. The van der Waals surface area contributed by atoms with Crippen molar-refractivity contribution in [1.29, 1.82) is 0 Å². The van der Waals surface area contributed by atoms with E-state index in [1.807, 2.05) is 32.9 Å². The van der Waals surface area contributed by atoms with Gasteiger partial charge in [0.15, 0.2) is 5.82 Å². The van der Waals surface area contributed by atoms with Gasteiger partial charge in [0, 0.05) is 12.1 Å². The molecule has 0 saturated carbocycles. The van der Waals surface area contributed by atoms with E-state index in [0.717, 1.165) is 5.56 Å². The highest BCUT2D eigenvalue weighted by Gasteiger charge is 2.16. The first-order chi connectivity index (χ1) is 11.4. The van der Waals surface area contributed by atoms with Crippen molar-refractivity contribution in [3.8, 4) is 17.1 Å². The number of benzene rings is 1. The van der Waals surface area contributed by atoms with E-state index in [-0.39, 0.29) is 18.5 Å². The second-order valence-corrected chi connectivity index (χ2v) is 5.87. The van der Waals surface area contributed by atoms with Crippen molar-refractivity contribution in [1.82, 2.24) is 14.8 Å². The normalized spacial score (nSPS) is 10.9. The first kappa shape index (κ1) is 18.3. The van der Waals surface area contributed by atoms with E-state index in [2.05, 4.69) is 10.1 Å². The summed E-state index contributed by atoms with van der Waals surface area (Å²) in [6.45, 7) is 8.55. The molecule has 0 amide bonds. The first-order valence-corrected chi connectivity index (χ1v) is 8.38. The van der Waals surface area contributed by atoms with E-state index in [0.29, 0.717) is 35.6 Å². The van der Waals surface area contributed by atoms with Crippen molar-refractivity contribution in [2.45, 2.75) is 46.8 Å². The highest BCUT2D eigenvalue weighted by molar-refractivity contribution is 6.32. The van der Waals surface area contributed by atoms with Crippen molar-refractivity contribution in [3.05, 3.63) is 29.0 Å². The summed E-state index contributed by atoms with van der Waals surface area (Å²) in [6.07, 6.45) is 0.107. The summed E-state index contributed by atoms with van der Waals surface area (Å²) >= 11 is 6.16. The first-order valence-electron chi connectivity index (χ1n) is 8.00. The number of aromatic nitrogens is 3. The maximum atomic E-state index is 11.7. The standard InChI is InChI=1S/C17H22ClN3O3/c1-5-21-15(10-16(22)23-6-2)19-17(20-21)12-7-8-13(18)14(9-12)24-11(3)4/h7-9,11H,5-6,10H2,1-4H3. The zero-order valence-corrected chi connectivity index (χ0v) is 15.1. The van der Waals surface area contributed by atoms with Crippen LogP contribution in [0.4, 0.5) is 0 Å². The van der Waals surface area contributed by atoms with Gasteiger partial charge in [-0.1, -0.05) is 11.6 Å². The minimum Gasteiger partial charge on any atom is -0.489 e. The lowest BCUT2D eigenvalue weighted by molar-refractivity contribution is -0.142. The van der Waals surface area contributed by atoms with Gasteiger partial charge in [0.05, 0.1) is 17.7 Å². The number of hydrogen-bond donors (Lipinski definition) is 0. The molecule has 0 N–H and O–H groups in total. The second kappa shape index (κ2) is 8.15.